The van der Waals surface area contributed by atoms with E-state index >= 15 is 0 Å². The van der Waals surface area contributed by atoms with Gasteiger partial charge in [0.1, 0.15) is 0 Å². The van der Waals surface area contributed by atoms with Gasteiger partial charge in [-0.05, 0) is 36.9 Å². The van der Waals surface area contributed by atoms with Crippen LogP contribution in [0.3, 0.4) is 0 Å². The minimum Gasteiger partial charge on any atom is -0.399 e. The summed E-state index contributed by atoms with van der Waals surface area (Å²) in [5.74, 6) is 0.798. The number of pyridine rings is 1. The number of hydrogen-bond acceptors (Lipinski definition) is 6. The van der Waals surface area contributed by atoms with E-state index in [1.54, 1.807) is 0 Å². The first-order chi connectivity index (χ1) is 12.2. The molecule has 1 aliphatic heterocycles. The van der Waals surface area contributed by atoms with Crippen LogP contribution in [0.15, 0.2) is 42.6 Å². The summed E-state index contributed by atoms with van der Waals surface area (Å²) in [6, 6.07) is 11.9. The van der Waals surface area contributed by atoms with E-state index < -0.39 is 0 Å². The van der Waals surface area contributed by atoms with Crippen LogP contribution in [0.5, 0.6) is 0 Å². The standard InChI is InChI=1S/C18H23N7/c1-23-8-10-24(11-9-23)18-21-17-16(6-3-7-25(17)22-18)20-13-14-4-2-5-15(19)12-14/h2-7,12,20H,8-11,13,19H2,1H3. The molecule has 0 atom stereocenters. The maximum atomic E-state index is 5.85. The topological polar surface area (TPSA) is 74.7 Å². The number of aromatic nitrogens is 3. The first-order valence-electron chi connectivity index (χ1n) is 8.56. The third-order valence-electron chi connectivity index (χ3n) is 4.57. The fourth-order valence-corrected chi connectivity index (χ4v) is 3.07. The molecule has 1 aromatic carbocycles. The fourth-order valence-electron chi connectivity index (χ4n) is 3.07. The van der Waals surface area contributed by atoms with Crippen LogP contribution in [0.4, 0.5) is 17.3 Å². The van der Waals surface area contributed by atoms with E-state index in [1.807, 2.05) is 41.0 Å². The molecule has 1 aliphatic rings. The molecule has 0 bridgehead atoms. The van der Waals surface area contributed by atoms with Crippen molar-refractivity contribution in [3.8, 4) is 0 Å². The van der Waals surface area contributed by atoms with Crippen LogP contribution in [0.2, 0.25) is 0 Å². The highest BCUT2D eigenvalue weighted by Crippen LogP contribution is 2.20. The van der Waals surface area contributed by atoms with Crippen LogP contribution in [0.1, 0.15) is 5.56 Å². The molecular weight excluding hydrogens is 314 g/mol. The molecule has 0 radical (unpaired) electrons. The average molecular weight is 337 g/mol. The predicted octanol–water partition coefficient (Wildman–Crippen LogP) is 1.68. The number of fused-ring (bicyclic) bond motifs is 1. The molecule has 3 aromatic rings. The molecule has 7 nitrogen and oxygen atoms in total. The summed E-state index contributed by atoms with van der Waals surface area (Å²) in [6.07, 6.45) is 1.94. The molecule has 7 heteroatoms. The molecule has 1 fully saturated rings. The second kappa shape index (κ2) is 6.60. The lowest BCUT2D eigenvalue weighted by atomic mass is 10.2. The van der Waals surface area contributed by atoms with Crippen molar-refractivity contribution >= 4 is 23.0 Å². The van der Waals surface area contributed by atoms with E-state index in [0.29, 0.717) is 6.54 Å². The van der Waals surface area contributed by atoms with Crippen molar-refractivity contribution < 1.29 is 0 Å². The van der Waals surface area contributed by atoms with Crippen LogP contribution < -0.4 is 16.0 Å². The van der Waals surface area contributed by atoms with Crippen molar-refractivity contribution in [1.29, 1.82) is 0 Å². The Hall–Kier alpha value is -2.80. The lowest BCUT2D eigenvalue weighted by Gasteiger charge is -2.31. The van der Waals surface area contributed by atoms with Crippen molar-refractivity contribution in [2.45, 2.75) is 6.54 Å². The van der Waals surface area contributed by atoms with Gasteiger partial charge < -0.3 is 20.9 Å². The monoisotopic (exact) mass is 337 g/mol. The molecule has 0 unspecified atom stereocenters. The van der Waals surface area contributed by atoms with Gasteiger partial charge in [0.2, 0.25) is 5.95 Å². The van der Waals surface area contributed by atoms with Crippen LogP contribution in [-0.2, 0) is 6.54 Å². The Morgan fingerprint density at radius 3 is 2.76 bits per heavy atom. The Morgan fingerprint density at radius 2 is 1.96 bits per heavy atom. The van der Waals surface area contributed by atoms with Gasteiger partial charge in [0, 0.05) is 44.6 Å². The number of nitrogen functional groups attached to an aromatic ring is 1. The van der Waals surface area contributed by atoms with Crippen molar-refractivity contribution in [3.05, 3.63) is 48.2 Å². The van der Waals surface area contributed by atoms with Gasteiger partial charge in [-0.25, -0.2) is 4.52 Å². The lowest BCUT2D eigenvalue weighted by molar-refractivity contribution is 0.311. The second-order valence-electron chi connectivity index (χ2n) is 6.49. The summed E-state index contributed by atoms with van der Waals surface area (Å²) < 4.78 is 1.84. The number of benzene rings is 1. The Morgan fingerprint density at radius 1 is 1.12 bits per heavy atom. The number of nitrogens with one attached hydrogen (secondary N) is 1. The maximum absolute atomic E-state index is 5.85. The zero-order valence-corrected chi connectivity index (χ0v) is 14.4. The van der Waals surface area contributed by atoms with Crippen LogP contribution in [-0.4, -0.2) is 52.7 Å². The number of nitrogens with zero attached hydrogens (tertiary/aromatic N) is 5. The van der Waals surface area contributed by atoms with E-state index in [0.717, 1.165) is 54.7 Å². The fraction of sp³-hybridized carbons (Fsp3) is 0.333. The molecule has 1 saturated heterocycles. The van der Waals surface area contributed by atoms with Crippen molar-refractivity contribution in [2.24, 2.45) is 0 Å². The highest BCUT2D eigenvalue weighted by molar-refractivity contribution is 5.68. The number of likely N-dealkylation sites (N-methyl/N-ethyl adjacent to an activating group) is 1. The summed E-state index contributed by atoms with van der Waals surface area (Å²) in [7, 11) is 2.15. The minimum atomic E-state index is 0.696. The normalized spacial score (nSPS) is 15.6. The number of nitrogens with two attached hydrogens (primary N) is 1. The third kappa shape index (κ3) is 3.36. The summed E-state index contributed by atoms with van der Waals surface area (Å²) in [4.78, 5) is 9.33. The molecular formula is C18H23N7. The molecule has 2 aromatic heterocycles. The molecule has 0 spiro atoms. The summed E-state index contributed by atoms with van der Waals surface area (Å²) in [5.41, 5.74) is 9.58. The smallest absolute Gasteiger partial charge is 0.245 e. The molecule has 0 aliphatic carbocycles. The molecule has 4 rings (SSSR count). The largest absolute Gasteiger partial charge is 0.399 e. The second-order valence-corrected chi connectivity index (χ2v) is 6.49. The van der Waals surface area contributed by atoms with Gasteiger partial charge in [-0.3, -0.25) is 0 Å². The number of hydrogen-bond donors (Lipinski definition) is 2. The van der Waals surface area contributed by atoms with Gasteiger partial charge in [0.25, 0.3) is 0 Å². The highest BCUT2D eigenvalue weighted by atomic mass is 15.4. The van der Waals surface area contributed by atoms with Crippen LogP contribution in [0.25, 0.3) is 5.65 Å². The molecule has 3 heterocycles. The maximum Gasteiger partial charge on any atom is 0.245 e. The zero-order valence-electron chi connectivity index (χ0n) is 14.4. The lowest BCUT2D eigenvalue weighted by Crippen LogP contribution is -2.44. The van der Waals surface area contributed by atoms with E-state index in [4.69, 9.17) is 10.7 Å². The third-order valence-corrected chi connectivity index (χ3v) is 4.57. The summed E-state index contributed by atoms with van der Waals surface area (Å²) in [6.45, 7) is 4.69. The Kier molecular flexibility index (Phi) is 4.15. The van der Waals surface area contributed by atoms with E-state index in [1.165, 1.54) is 0 Å². The van der Waals surface area contributed by atoms with Gasteiger partial charge in [-0.2, -0.15) is 4.98 Å². The number of piperazine rings is 1. The molecule has 3 N–H and O–H groups in total. The van der Waals surface area contributed by atoms with Crippen LogP contribution in [0, 0.1) is 0 Å². The number of rotatable bonds is 4. The van der Waals surface area contributed by atoms with E-state index in [9.17, 15) is 0 Å². The Balaban J connectivity index is 1.55. The molecule has 130 valence electrons. The highest BCUT2D eigenvalue weighted by Gasteiger charge is 2.18. The van der Waals surface area contributed by atoms with E-state index in [-0.39, 0.29) is 0 Å². The first-order valence-corrected chi connectivity index (χ1v) is 8.56. The Labute approximate surface area is 147 Å². The van der Waals surface area contributed by atoms with Crippen LogP contribution >= 0.6 is 0 Å². The average Bonchev–Trinajstić information content (AvgIpc) is 3.05. The first kappa shape index (κ1) is 15.7. The summed E-state index contributed by atoms with van der Waals surface area (Å²) in [5, 5.41) is 8.09. The van der Waals surface area contributed by atoms with E-state index in [2.05, 4.69) is 33.3 Å². The van der Waals surface area contributed by atoms with Gasteiger partial charge in [-0.1, -0.05) is 12.1 Å². The number of anilines is 3. The molecule has 0 saturated carbocycles. The van der Waals surface area contributed by atoms with Gasteiger partial charge in [-0.15, -0.1) is 5.10 Å². The van der Waals surface area contributed by atoms with Crippen molar-refractivity contribution in [2.75, 3.05) is 49.2 Å². The Bertz CT molecular complexity index is 865. The zero-order chi connectivity index (χ0) is 17.2. The van der Waals surface area contributed by atoms with Crippen molar-refractivity contribution in [1.82, 2.24) is 19.5 Å². The van der Waals surface area contributed by atoms with Crippen molar-refractivity contribution in [3.63, 3.8) is 0 Å². The van der Waals surface area contributed by atoms with Gasteiger partial charge >= 0.3 is 0 Å². The molecule has 0 amide bonds. The SMILES string of the molecule is CN1CCN(c2nc3c(NCc4cccc(N)c4)cccn3n2)CC1. The van der Waals surface area contributed by atoms with Gasteiger partial charge in [0.15, 0.2) is 5.65 Å². The quantitative estimate of drug-likeness (QED) is 0.706. The molecule has 25 heavy (non-hydrogen) atoms. The predicted molar refractivity (Wildman–Crippen MR) is 101 cm³/mol. The summed E-state index contributed by atoms with van der Waals surface area (Å²) >= 11 is 0. The minimum absolute atomic E-state index is 0.696. The van der Waals surface area contributed by atoms with Gasteiger partial charge in [0.05, 0.1) is 5.69 Å².